The Bertz CT molecular complexity index is 640. The van der Waals surface area contributed by atoms with Crippen LogP contribution in [0.5, 0.6) is 0 Å². The molecule has 0 fully saturated rings. The Morgan fingerprint density at radius 1 is 1.55 bits per heavy atom. The standard InChI is InChI=1S/C14H23N3O3S2/c1-3-9-4-5-11-12(8-9)21-14(16-11)17-13(18)10(15)6-7-22(2,19)20/h9-10H,3-8,15H2,1-2H3,(H,16,17,18). The first kappa shape index (κ1) is 17.4. The van der Waals surface area contributed by atoms with Crippen molar-refractivity contribution in [2.45, 2.75) is 45.1 Å². The predicted molar refractivity (Wildman–Crippen MR) is 88.9 cm³/mol. The molecule has 1 aromatic rings. The van der Waals surface area contributed by atoms with Gasteiger partial charge in [0.05, 0.1) is 17.5 Å². The Balaban J connectivity index is 1.94. The molecule has 6 nitrogen and oxygen atoms in total. The molecule has 2 atom stereocenters. The number of anilines is 1. The number of aromatic nitrogens is 1. The zero-order chi connectivity index (χ0) is 16.3. The molecule has 22 heavy (non-hydrogen) atoms. The first-order chi connectivity index (χ1) is 10.3. The molecule has 0 bridgehead atoms. The number of nitrogens with zero attached hydrogens (tertiary/aromatic N) is 1. The van der Waals surface area contributed by atoms with Crippen LogP contribution < -0.4 is 11.1 Å². The summed E-state index contributed by atoms with van der Waals surface area (Å²) in [5.41, 5.74) is 6.82. The molecular formula is C14H23N3O3S2. The van der Waals surface area contributed by atoms with E-state index < -0.39 is 15.9 Å². The molecule has 2 rings (SSSR count). The predicted octanol–water partition coefficient (Wildman–Crippen LogP) is 1.36. The summed E-state index contributed by atoms with van der Waals surface area (Å²) in [6, 6.07) is -0.834. The Morgan fingerprint density at radius 2 is 2.27 bits per heavy atom. The van der Waals surface area contributed by atoms with E-state index >= 15 is 0 Å². The van der Waals surface area contributed by atoms with Gasteiger partial charge in [-0.05, 0) is 31.6 Å². The average molecular weight is 345 g/mol. The van der Waals surface area contributed by atoms with Gasteiger partial charge >= 0.3 is 0 Å². The fourth-order valence-corrected chi connectivity index (χ4v) is 4.32. The molecule has 1 aliphatic carbocycles. The van der Waals surface area contributed by atoms with Crippen molar-refractivity contribution in [2.24, 2.45) is 11.7 Å². The lowest BCUT2D eigenvalue weighted by molar-refractivity contribution is -0.117. The Hall–Kier alpha value is -0.990. The number of rotatable bonds is 6. The van der Waals surface area contributed by atoms with Gasteiger partial charge in [0.2, 0.25) is 5.91 Å². The highest BCUT2D eigenvalue weighted by Gasteiger charge is 2.23. The van der Waals surface area contributed by atoms with Crippen molar-refractivity contribution in [3.8, 4) is 0 Å². The van der Waals surface area contributed by atoms with E-state index in [9.17, 15) is 13.2 Å². The summed E-state index contributed by atoms with van der Waals surface area (Å²) >= 11 is 1.51. The molecule has 0 radical (unpaired) electrons. The summed E-state index contributed by atoms with van der Waals surface area (Å²) in [4.78, 5) is 17.7. The smallest absolute Gasteiger partial charge is 0.243 e. The van der Waals surface area contributed by atoms with Crippen LogP contribution in [0.3, 0.4) is 0 Å². The average Bonchev–Trinajstić information content (AvgIpc) is 2.84. The van der Waals surface area contributed by atoms with E-state index in [-0.39, 0.29) is 18.1 Å². The topological polar surface area (TPSA) is 102 Å². The zero-order valence-electron chi connectivity index (χ0n) is 13.0. The van der Waals surface area contributed by atoms with Gasteiger partial charge in [0.1, 0.15) is 9.84 Å². The maximum Gasteiger partial charge on any atom is 0.243 e. The molecule has 0 saturated heterocycles. The van der Waals surface area contributed by atoms with E-state index in [1.165, 1.54) is 16.2 Å². The highest BCUT2D eigenvalue weighted by atomic mass is 32.2. The van der Waals surface area contributed by atoms with E-state index in [0.29, 0.717) is 11.0 Å². The molecule has 1 heterocycles. The maximum absolute atomic E-state index is 12.0. The second-order valence-electron chi connectivity index (χ2n) is 5.92. The summed E-state index contributed by atoms with van der Waals surface area (Å²) < 4.78 is 22.2. The van der Waals surface area contributed by atoms with E-state index in [1.54, 1.807) is 0 Å². The van der Waals surface area contributed by atoms with Gasteiger partial charge in [0.25, 0.3) is 0 Å². The third-order valence-corrected chi connectivity index (χ3v) is 6.00. The molecule has 0 saturated carbocycles. The van der Waals surface area contributed by atoms with E-state index in [1.807, 2.05) is 0 Å². The summed E-state index contributed by atoms with van der Waals surface area (Å²) in [7, 11) is -3.11. The molecule has 124 valence electrons. The lowest BCUT2D eigenvalue weighted by Crippen LogP contribution is -2.37. The van der Waals surface area contributed by atoms with Gasteiger partial charge in [-0.25, -0.2) is 13.4 Å². The van der Waals surface area contributed by atoms with Crippen molar-refractivity contribution >= 4 is 32.2 Å². The van der Waals surface area contributed by atoms with Crippen LogP contribution in [0, 0.1) is 5.92 Å². The zero-order valence-corrected chi connectivity index (χ0v) is 14.6. The molecule has 0 aliphatic heterocycles. The summed E-state index contributed by atoms with van der Waals surface area (Å²) in [6.45, 7) is 2.19. The summed E-state index contributed by atoms with van der Waals surface area (Å²) in [5, 5.41) is 3.29. The van der Waals surface area contributed by atoms with Crippen LogP contribution in [0.15, 0.2) is 0 Å². The van der Waals surface area contributed by atoms with Crippen LogP contribution in [-0.4, -0.2) is 37.4 Å². The largest absolute Gasteiger partial charge is 0.320 e. The van der Waals surface area contributed by atoms with Crippen molar-refractivity contribution in [3.05, 3.63) is 10.6 Å². The number of sulfone groups is 1. The minimum Gasteiger partial charge on any atom is -0.320 e. The van der Waals surface area contributed by atoms with Crippen molar-refractivity contribution < 1.29 is 13.2 Å². The van der Waals surface area contributed by atoms with Crippen molar-refractivity contribution in [1.82, 2.24) is 4.98 Å². The molecule has 1 aliphatic rings. The van der Waals surface area contributed by atoms with Gasteiger partial charge in [0.15, 0.2) is 5.13 Å². The number of fused-ring (bicyclic) bond motifs is 1. The van der Waals surface area contributed by atoms with Gasteiger partial charge < -0.3 is 11.1 Å². The van der Waals surface area contributed by atoms with Crippen molar-refractivity contribution in [1.29, 1.82) is 0 Å². The quantitative estimate of drug-likeness (QED) is 0.810. The number of carbonyl (C=O) groups excluding carboxylic acids is 1. The number of amides is 1. The minimum absolute atomic E-state index is 0.0892. The molecule has 1 aromatic heterocycles. The third kappa shape index (κ3) is 4.76. The van der Waals surface area contributed by atoms with E-state index in [2.05, 4.69) is 17.2 Å². The number of nitrogens with one attached hydrogen (secondary N) is 1. The molecule has 8 heteroatoms. The van der Waals surface area contributed by atoms with Crippen molar-refractivity contribution in [2.75, 3.05) is 17.3 Å². The van der Waals surface area contributed by atoms with Crippen LogP contribution in [0.4, 0.5) is 5.13 Å². The van der Waals surface area contributed by atoms with Gasteiger partial charge in [-0.3, -0.25) is 4.79 Å². The highest BCUT2D eigenvalue weighted by Crippen LogP contribution is 2.33. The van der Waals surface area contributed by atoms with Crippen LogP contribution in [-0.2, 0) is 27.5 Å². The minimum atomic E-state index is -3.11. The van der Waals surface area contributed by atoms with E-state index in [0.717, 1.165) is 37.6 Å². The molecule has 0 spiro atoms. The number of aryl methyl sites for hydroxylation is 1. The van der Waals surface area contributed by atoms with E-state index in [4.69, 9.17) is 5.73 Å². The maximum atomic E-state index is 12.0. The second kappa shape index (κ2) is 7.06. The number of nitrogens with two attached hydrogens (primary N) is 1. The van der Waals surface area contributed by atoms with Gasteiger partial charge in [-0.15, -0.1) is 11.3 Å². The number of hydrogen-bond acceptors (Lipinski definition) is 6. The molecule has 2 unspecified atom stereocenters. The second-order valence-corrected chi connectivity index (χ2v) is 9.26. The number of thiazole rings is 1. The van der Waals surface area contributed by atoms with Crippen molar-refractivity contribution in [3.63, 3.8) is 0 Å². The Labute approximate surface area is 135 Å². The fourth-order valence-electron chi connectivity index (χ4n) is 2.52. The molecular weight excluding hydrogens is 322 g/mol. The SMILES string of the molecule is CCC1CCc2nc(NC(=O)C(N)CCS(C)(=O)=O)sc2C1. The van der Waals surface area contributed by atoms with Crippen LogP contribution >= 0.6 is 11.3 Å². The number of hydrogen-bond donors (Lipinski definition) is 2. The van der Waals surface area contributed by atoms with Crippen LogP contribution in [0.1, 0.15) is 36.8 Å². The molecule has 1 amide bonds. The summed E-state index contributed by atoms with van der Waals surface area (Å²) in [5.74, 6) is 0.240. The Kier molecular flexibility index (Phi) is 5.57. The molecule has 0 aromatic carbocycles. The van der Waals surface area contributed by atoms with Gasteiger partial charge in [-0.2, -0.15) is 0 Å². The molecule has 3 N–H and O–H groups in total. The van der Waals surface area contributed by atoms with Crippen LogP contribution in [0.25, 0.3) is 0 Å². The van der Waals surface area contributed by atoms with Gasteiger partial charge in [-0.1, -0.05) is 13.3 Å². The third-order valence-electron chi connectivity index (χ3n) is 3.99. The number of carbonyl (C=O) groups is 1. The van der Waals surface area contributed by atoms with Crippen LogP contribution in [0.2, 0.25) is 0 Å². The first-order valence-electron chi connectivity index (χ1n) is 7.51. The highest BCUT2D eigenvalue weighted by molar-refractivity contribution is 7.90. The fraction of sp³-hybridized carbons (Fsp3) is 0.714. The normalized spacial score (nSPS) is 19.5. The lowest BCUT2D eigenvalue weighted by Gasteiger charge is -2.18. The first-order valence-corrected chi connectivity index (χ1v) is 10.4. The summed E-state index contributed by atoms with van der Waals surface area (Å²) in [6.07, 6.45) is 5.55. The lowest BCUT2D eigenvalue weighted by atomic mass is 9.89. The Morgan fingerprint density at radius 3 is 2.91 bits per heavy atom. The monoisotopic (exact) mass is 345 g/mol. The van der Waals surface area contributed by atoms with Gasteiger partial charge in [0, 0.05) is 11.1 Å².